The lowest BCUT2D eigenvalue weighted by molar-refractivity contribution is 0.0890. The zero-order valence-electron chi connectivity index (χ0n) is 14.9. The summed E-state index contributed by atoms with van der Waals surface area (Å²) < 4.78 is 55.7. The van der Waals surface area contributed by atoms with Crippen molar-refractivity contribution < 1.29 is 26.1 Å². The van der Waals surface area contributed by atoms with E-state index < -0.39 is 44.4 Å². The number of hydrogen-bond donors (Lipinski definition) is 1. The smallest absolute Gasteiger partial charge is 0.264 e. The van der Waals surface area contributed by atoms with Gasteiger partial charge >= 0.3 is 0 Å². The van der Waals surface area contributed by atoms with Crippen molar-refractivity contribution in [1.29, 1.82) is 0 Å². The highest BCUT2D eigenvalue weighted by molar-refractivity contribution is 7.89. The SMILES string of the molecule is Cc1ccc(S(=O)(=O)N(C)[C@@H]2[C@H]3[C@@H](O)CCN3C[C@@H]2OS(C)(=O)=O)cc1. The van der Waals surface area contributed by atoms with Gasteiger partial charge in [0.1, 0.15) is 6.10 Å². The van der Waals surface area contributed by atoms with Crippen LogP contribution in [-0.2, 0) is 24.3 Å². The minimum absolute atomic E-state index is 0.120. The van der Waals surface area contributed by atoms with Crippen LogP contribution in [0.1, 0.15) is 12.0 Å². The largest absolute Gasteiger partial charge is 0.391 e. The summed E-state index contributed by atoms with van der Waals surface area (Å²) in [6.07, 6.45) is -0.136. The van der Waals surface area contributed by atoms with Gasteiger partial charge in [-0.15, -0.1) is 0 Å². The molecule has 0 unspecified atom stereocenters. The Morgan fingerprint density at radius 2 is 1.81 bits per heavy atom. The second-order valence-electron chi connectivity index (χ2n) is 7.01. The lowest BCUT2D eigenvalue weighted by Crippen LogP contribution is -2.52. The van der Waals surface area contributed by atoms with Crippen molar-refractivity contribution in [3.63, 3.8) is 0 Å². The van der Waals surface area contributed by atoms with E-state index in [2.05, 4.69) is 0 Å². The molecule has 10 heteroatoms. The first-order valence-electron chi connectivity index (χ1n) is 8.36. The average Bonchev–Trinajstić information content (AvgIpc) is 3.05. The summed E-state index contributed by atoms with van der Waals surface area (Å²) in [6, 6.07) is 5.16. The van der Waals surface area contributed by atoms with Gasteiger partial charge in [-0.1, -0.05) is 17.7 Å². The molecule has 2 aliphatic heterocycles. The summed E-state index contributed by atoms with van der Waals surface area (Å²) in [5, 5.41) is 10.3. The first-order chi connectivity index (χ1) is 12.0. The predicted molar refractivity (Wildman–Crippen MR) is 95.6 cm³/mol. The number of nitrogens with zero attached hydrogens (tertiary/aromatic N) is 2. The quantitative estimate of drug-likeness (QED) is 0.677. The molecule has 0 radical (unpaired) electrons. The highest BCUT2D eigenvalue weighted by Gasteiger charge is 2.54. The van der Waals surface area contributed by atoms with Gasteiger partial charge in [-0.2, -0.15) is 12.7 Å². The van der Waals surface area contributed by atoms with Crippen LogP contribution in [0.4, 0.5) is 0 Å². The summed E-state index contributed by atoms with van der Waals surface area (Å²) >= 11 is 0. The molecule has 2 aliphatic rings. The minimum atomic E-state index is -3.87. The van der Waals surface area contributed by atoms with E-state index in [4.69, 9.17) is 4.18 Å². The van der Waals surface area contributed by atoms with Crippen LogP contribution in [0.3, 0.4) is 0 Å². The number of likely N-dealkylation sites (N-methyl/N-ethyl adjacent to an activating group) is 1. The second-order valence-corrected chi connectivity index (χ2v) is 10.6. The van der Waals surface area contributed by atoms with Gasteiger partial charge in [0.25, 0.3) is 10.1 Å². The zero-order valence-corrected chi connectivity index (χ0v) is 16.6. The number of aryl methyl sites for hydroxylation is 1. The van der Waals surface area contributed by atoms with Gasteiger partial charge in [0.05, 0.1) is 29.3 Å². The molecule has 4 atom stereocenters. The number of rotatable bonds is 5. The van der Waals surface area contributed by atoms with E-state index in [1.807, 2.05) is 11.8 Å². The molecule has 1 N–H and O–H groups in total. The Kier molecular flexibility index (Phi) is 5.19. The highest BCUT2D eigenvalue weighted by atomic mass is 32.2. The Labute approximate surface area is 154 Å². The molecule has 8 nitrogen and oxygen atoms in total. The highest BCUT2D eigenvalue weighted by Crippen LogP contribution is 2.35. The third-order valence-corrected chi connectivity index (χ3v) is 7.56. The molecule has 1 aromatic carbocycles. The van der Waals surface area contributed by atoms with E-state index >= 15 is 0 Å². The number of aliphatic hydroxyl groups excluding tert-OH is 1. The topological polar surface area (TPSA) is 104 Å². The summed E-state index contributed by atoms with van der Waals surface area (Å²) in [4.78, 5) is 2.02. The van der Waals surface area contributed by atoms with E-state index in [0.717, 1.165) is 16.1 Å². The Bertz CT molecular complexity index is 869. The van der Waals surface area contributed by atoms with E-state index in [-0.39, 0.29) is 11.4 Å². The summed E-state index contributed by atoms with van der Waals surface area (Å²) in [6.45, 7) is 2.69. The lowest BCUT2D eigenvalue weighted by atomic mass is 10.0. The van der Waals surface area contributed by atoms with Crippen LogP contribution in [0, 0.1) is 6.92 Å². The van der Waals surface area contributed by atoms with Gasteiger partial charge in [-0.05, 0) is 25.5 Å². The molecule has 0 aliphatic carbocycles. The van der Waals surface area contributed by atoms with Crippen LogP contribution in [0.25, 0.3) is 0 Å². The maximum atomic E-state index is 13.1. The van der Waals surface area contributed by atoms with Crippen molar-refractivity contribution >= 4 is 20.1 Å². The molecule has 0 amide bonds. The fourth-order valence-electron chi connectivity index (χ4n) is 3.87. The van der Waals surface area contributed by atoms with Crippen molar-refractivity contribution in [1.82, 2.24) is 9.21 Å². The third-order valence-electron chi connectivity index (χ3n) is 5.09. The maximum absolute atomic E-state index is 13.1. The van der Waals surface area contributed by atoms with E-state index in [1.165, 1.54) is 19.2 Å². The summed E-state index contributed by atoms with van der Waals surface area (Å²) in [5.74, 6) is 0. The third kappa shape index (κ3) is 3.67. The van der Waals surface area contributed by atoms with Crippen molar-refractivity contribution in [2.24, 2.45) is 0 Å². The molecule has 26 heavy (non-hydrogen) atoms. The Hall–Kier alpha value is -1.04. The van der Waals surface area contributed by atoms with Crippen LogP contribution in [0.5, 0.6) is 0 Å². The number of fused-ring (bicyclic) bond motifs is 1. The molecular weight excluding hydrogens is 380 g/mol. The van der Waals surface area contributed by atoms with Crippen molar-refractivity contribution in [3.8, 4) is 0 Å². The van der Waals surface area contributed by atoms with Crippen LogP contribution in [-0.4, -0.2) is 81.8 Å². The van der Waals surface area contributed by atoms with Gasteiger partial charge in [0.2, 0.25) is 10.0 Å². The molecule has 0 saturated carbocycles. The summed E-state index contributed by atoms with van der Waals surface area (Å²) in [7, 11) is -6.23. The Balaban J connectivity index is 1.97. The zero-order chi connectivity index (χ0) is 19.3. The fourth-order valence-corrected chi connectivity index (χ4v) is 5.89. The lowest BCUT2D eigenvalue weighted by Gasteiger charge is -2.32. The van der Waals surface area contributed by atoms with Gasteiger partial charge < -0.3 is 5.11 Å². The monoisotopic (exact) mass is 404 g/mol. The molecule has 146 valence electrons. The van der Waals surface area contributed by atoms with Gasteiger partial charge in [0, 0.05) is 20.1 Å². The van der Waals surface area contributed by atoms with Gasteiger partial charge in [0.15, 0.2) is 0 Å². The van der Waals surface area contributed by atoms with Crippen molar-refractivity contribution in [3.05, 3.63) is 29.8 Å². The van der Waals surface area contributed by atoms with Gasteiger partial charge in [-0.25, -0.2) is 8.42 Å². The van der Waals surface area contributed by atoms with Crippen LogP contribution < -0.4 is 0 Å². The Morgan fingerprint density at radius 3 is 2.38 bits per heavy atom. The van der Waals surface area contributed by atoms with Crippen LogP contribution >= 0.6 is 0 Å². The van der Waals surface area contributed by atoms with E-state index in [1.54, 1.807) is 12.1 Å². The predicted octanol–water partition coefficient (Wildman–Crippen LogP) is -0.222. The molecule has 3 rings (SSSR count). The number of sulfonamides is 1. The van der Waals surface area contributed by atoms with Crippen molar-refractivity contribution in [2.75, 3.05) is 26.4 Å². The minimum Gasteiger partial charge on any atom is -0.391 e. The number of benzene rings is 1. The first kappa shape index (κ1) is 19.7. The molecular formula is C16H24N2O6S2. The normalized spacial score (nSPS) is 30.0. The first-order valence-corrected chi connectivity index (χ1v) is 11.6. The maximum Gasteiger partial charge on any atom is 0.264 e. The molecule has 0 spiro atoms. The van der Waals surface area contributed by atoms with Crippen molar-refractivity contribution in [2.45, 2.75) is 42.5 Å². The molecule has 2 heterocycles. The fraction of sp³-hybridized carbons (Fsp3) is 0.625. The standard InChI is InChI=1S/C16H24N2O6S2/c1-11-4-6-12(7-5-11)26(22,23)17(2)16-14(24-25(3,20)21)10-18-9-8-13(19)15(16)18/h4-7,13-16,19H,8-10H2,1-3H3/t13-,14-,15+,16-/m0/s1. The van der Waals surface area contributed by atoms with Crippen LogP contribution in [0.2, 0.25) is 0 Å². The van der Waals surface area contributed by atoms with E-state index in [0.29, 0.717) is 13.0 Å². The van der Waals surface area contributed by atoms with Gasteiger partial charge in [-0.3, -0.25) is 9.08 Å². The molecule has 0 bridgehead atoms. The molecule has 2 saturated heterocycles. The molecule has 2 fully saturated rings. The van der Waals surface area contributed by atoms with Crippen LogP contribution in [0.15, 0.2) is 29.2 Å². The summed E-state index contributed by atoms with van der Waals surface area (Å²) in [5.41, 5.74) is 0.933. The second kappa shape index (κ2) is 6.84. The number of hydrogen-bond acceptors (Lipinski definition) is 7. The molecule has 1 aromatic rings. The Morgan fingerprint density at radius 1 is 1.19 bits per heavy atom. The average molecular weight is 405 g/mol. The molecule has 0 aromatic heterocycles. The number of aliphatic hydroxyl groups is 1. The van der Waals surface area contributed by atoms with E-state index in [9.17, 15) is 21.9 Å².